The monoisotopic (exact) mass is 292 g/mol. The van der Waals surface area contributed by atoms with Crippen LogP contribution in [0.1, 0.15) is 17.4 Å². The predicted octanol–water partition coefficient (Wildman–Crippen LogP) is 2.61. The van der Waals surface area contributed by atoms with Crippen LogP contribution in [-0.2, 0) is 4.74 Å². The topological polar surface area (TPSA) is 82.8 Å². The van der Waals surface area contributed by atoms with Crippen LogP contribution in [0.2, 0.25) is 0 Å². The molecule has 0 atom stereocenters. The molecule has 1 aromatic carbocycles. The second kappa shape index (κ2) is 6.65. The lowest BCUT2D eigenvalue weighted by molar-refractivity contribution is 0.0519. The van der Waals surface area contributed by atoms with Crippen LogP contribution in [0.25, 0.3) is 0 Å². The number of benzene rings is 1. The molecule has 0 unspecified atom stereocenters. The largest absolute Gasteiger partial charge is 0.497 e. The predicted molar refractivity (Wildman–Crippen MR) is 75.3 cm³/mol. The van der Waals surface area contributed by atoms with Crippen LogP contribution in [0.4, 0.5) is 11.7 Å². The number of methoxy groups -OCH3 is 2. The Labute approximate surface area is 121 Å². The molecule has 21 heavy (non-hydrogen) atoms. The molecule has 112 valence electrons. The Hall–Kier alpha value is -2.70. The third-order valence-corrected chi connectivity index (χ3v) is 2.59. The Bertz CT molecular complexity index is 601. The number of aromatic nitrogens is 1. The van der Waals surface area contributed by atoms with E-state index in [1.807, 2.05) is 0 Å². The molecular weight excluding hydrogens is 276 g/mol. The summed E-state index contributed by atoms with van der Waals surface area (Å²) in [5.74, 6) is 0.709. The van der Waals surface area contributed by atoms with Crippen LogP contribution in [-0.4, -0.2) is 31.8 Å². The van der Waals surface area contributed by atoms with Gasteiger partial charge in [-0.05, 0) is 6.92 Å². The minimum atomic E-state index is -0.530. The van der Waals surface area contributed by atoms with E-state index >= 15 is 0 Å². The van der Waals surface area contributed by atoms with E-state index in [1.54, 1.807) is 39.3 Å². The number of hydrogen-bond acceptors (Lipinski definition) is 7. The number of rotatable bonds is 6. The Kier molecular flexibility index (Phi) is 4.65. The highest BCUT2D eigenvalue weighted by atomic mass is 16.5. The first-order valence-electron chi connectivity index (χ1n) is 6.29. The van der Waals surface area contributed by atoms with Crippen molar-refractivity contribution in [3.05, 3.63) is 30.2 Å². The molecule has 2 aromatic rings. The molecule has 0 spiro atoms. The van der Waals surface area contributed by atoms with E-state index < -0.39 is 5.97 Å². The summed E-state index contributed by atoms with van der Waals surface area (Å²) in [4.78, 5) is 15.5. The van der Waals surface area contributed by atoms with Gasteiger partial charge in [0.2, 0.25) is 0 Å². The molecule has 0 amide bonds. The van der Waals surface area contributed by atoms with Crippen molar-refractivity contribution in [2.75, 3.05) is 26.1 Å². The maximum absolute atomic E-state index is 11.5. The van der Waals surface area contributed by atoms with Gasteiger partial charge < -0.3 is 23.9 Å². The third-order valence-electron chi connectivity index (χ3n) is 2.59. The van der Waals surface area contributed by atoms with Gasteiger partial charge in [-0.15, -0.1) is 0 Å². The van der Waals surface area contributed by atoms with E-state index in [1.165, 1.54) is 6.26 Å². The number of nitrogens with one attached hydrogen (secondary N) is 1. The first-order chi connectivity index (χ1) is 10.2. The number of esters is 1. The van der Waals surface area contributed by atoms with Crippen molar-refractivity contribution < 1.29 is 23.4 Å². The fourth-order valence-electron chi connectivity index (χ4n) is 1.63. The van der Waals surface area contributed by atoms with Gasteiger partial charge >= 0.3 is 5.97 Å². The number of hydrogen-bond donors (Lipinski definition) is 1. The first-order valence-corrected chi connectivity index (χ1v) is 6.29. The van der Waals surface area contributed by atoms with Crippen LogP contribution in [0.15, 0.2) is 28.9 Å². The zero-order chi connectivity index (χ0) is 15.2. The molecule has 0 saturated carbocycles. The van der Waals surface area contributed by atoms with Gasteiger partial charge in [0.1, 0.15) is 17.8 Å². The van der Waals surface area contributed by atoms with Gasteiger partial charge in [0, 0.05) is 23.9 Å². The average Bonchev–Trinajstić information content (AvgIpc) is 2.95. The van der Waals surface area contributed by atoms with Gasteiger partial charge in [-0.1, -0.05) is 0 Å². The summed E-state index contributed by atoms with van der Waals surface area (Å²) in [5, 5.41) is 2.93. The Morgan fingerprint density at radius 2 is 1.90 bits per heavy atom. The molecule has 0 radical (unpaired) electrons. The average molecular weight is 292 g/mol. The molecule has 0 saturated heterocycles. The van der Waals surface area contributed by atoms with Crippen molar-refractivity contribution in [1.29, 1.82) is 0 Å². The molecule has 1 heterocycles. The fourth-order valence-corrected chi connectivity index (χ4v) is 1.63. The van der Waals surface area contributed by atoms with Crippen molar-refractivity contribution in [1.82, 2.24) is 4.98 Å². The van der Waals surface area contributed by atoms with Gasteiger partial charge in [0.05, 0.1) is 20.8 Å². The molecule has 0 fully saturated rings. The molecular formula is C14H16N2O5. The van der Waals surface area contributed by atoms with E-state index in [0.717, 1.165) is 0 Å². The zero-order valence-corrected chi connectivity index (χ0v) is 12.0. The maximum Gasteiger partial charge on any atom is 0.360 e. The first kappa shape index (κ1) is 14.7. The van der Waals surface area contributed by atoms with E-state index in [2.05, 4.69) is 10.3 Å². The summed E-state index contributed by atoms with van der Waals surface area (Å²) in [6.45, 7) is 2.00. The van der Waals surface area contributed by atoms with E-state index in [0.29, 0.717) is 17.2 Å². The van der Waals surface area contributed by atoms with Gasteiger partial charge in [-0.2, -0.15) is 4.98 Å². The van der Waals surface area contributed by atoms with Crippen LogP contribution < -0.4 is 14.8 Å². The Morgan fingerprint density at radius 1 is 1.24 bits per heavy atom. The molecule has 0 aliphatic heterocycles. The highest BCUT2D eigenvalue weighted by molar-refractivity contribution is 5.87. The van der Waals surface area contributed by atoms with E-state index in [-0.39, 0.29) is 18.3 Å². The van der Waals surface area contributed by atoms with Crippen LogP contribution >= 0.6 is 0 Å². The molecule has 1 N–H and O–H groups in total. The summed E-state index contributed by atoms with van der Waals surface area (Å²) in [7, 11) is 3.12. The van der Waals surface area contributed by atoms with E-state index in [9.17, 15) is 4.79 Å². The van der Waals surface area contributed by atoms with Crippen molar-refractivity contribution in [3.63, 3.8) is 0 Å². The molecule has 0 bridgehead atoms. The van der Waals surface area contributed by atoms with Crippen molar-refractivity contribution in [2.45, 2.75) is 6.92 Å². The summed E-state index contributed by atoms with van der Waals surface area (Å²) in [6, 6.07) is 5.41. The Morgan fingerprint density at radius 3 is 2.48 bits per heavy atom. The van der Waals surface area contributed by atoms with Crippen LogP contribution in [0.3, 0.4) is 0 Å². The lowest BCUT2D eigenvalue weighted by atomic mass is 10.3. The highest BCUT2D eigenvalue weighted by Gasteiger charge is 2.13. The van der Waals surface area contributed by atoms with Gasteiger partial charge in [-0.25, -0.2) is 4.79 Å². The van der Waals surface area contributed by atoms with Gasteiger partial charge in [0.25, 0.3) is 6.01 Å². The molecule has 2 rings (SSSR count). The smallest absolute Gasteiger partial charge is 0.360 e. The summed E-state index contributed by atoms with van der Waals surface area (Å²) in [6.07, 6.45) is 1.23. The fraction of sp³-hybridized carbons (Fsp3) is 0.286. The summed E-state index contributed by atoms with van der Waals surface area (Å²) >= 11 is 0. The number of nitrogens with zero attached hydrogens (tertiary/aromatic N) is 1. The molecule has 1 aromatic heterocycles. The Balaban J connectivity index is 2.16. The van der Waals surface area contributed by atoms with Crippen LogP contribution in [0.5, 0.6) is 11.5 Å². The maximum atomic E-state index is 11.5. The quantitative estimate of drug-likeness (QED) is 0.819. The lowest BCUT2D eigenvalue weighted by Crippen LogP contribution is -2.05. The molecule has 0 aliphatic rings. The summed E-state index contributed by atoms with van der Waals surface area (Å²) in [5.41, 5.74) is 0.762. The van der Waals surface area contributed by atoms with Gasteiger partial charge in [-0.3, -0.25) is 0 Å². The standard InChI is InChI=1S/C14H16N2O5/c1-4-20-13(17)12-8-21-14(16-12)15-9-5-10(18-2)7-11(6-9)19-3/h5-8H,4H2,1-3H3,(H,15,16). The normalized spacial score (nSPS) is 10.0. The summed E-state index contributed by atoms with van der Waals surface area (Å²) < 4.78 is 20.3. The number of carbonyl (C=O) groups excluding carboxylic acids is 1. The number of anilines is 2. The number of ether oxygens (including phenoxy) is 3. The van der Waals surface area contributed by atoms with Crippen molar-refractivity contribution >= 4 is 17.7 Å². The second-order valence-corrected chi connectivity index (χ2v) is 3.98. The van der Waals surface area contributed by atoms with Crippen molar-refractivity contribution in [3.8, 4) is 11.5 Å². The van der Waals surface area contributed by atoms with Crippen LogP contribution in [0, 0.1) is 0 Å². The SMILES string of the molecule is CCOC(=O)c1coc(Nc2cc(OC)cc(OC)c2)n1. The van der Waals surface area contributed by atoms with Crippen molar-refractivity contribution in [2.24, 2.45) is 0 Å². The second-order valence-electron chi connectivity index (χ2n) is 3.98. The minimum Gasteiger partial charge on any atom is -0.497 e. The highest BCUT2D eigenvalue weighted by Crippen LogP contribution is 2.27. The minimum absolute atomic E-state index is 0.106. The van der Waals surface area contributed by atoms with Gasteiger partial charge in [0.15, 0.2) is 5.69 Å². The number of carbonyl (C=O) groups is 1. The molecule has 7 heteroatoms. The molecule has 0 aliphatic carbocycles. The van der Waals surface area contributed by atoms with E-state index in [4.69, 9.17) is 18.6 Å². The third kappa shape index (κ3) is 3.65. The zero-order valence-electron chi connectivity index (χ0n) is 12.0. The molecule has 7 nitrogen and oxygen atoms in total. The lowest BCUT2D eigenvalue weighted by Gasteiger charge is -2.08. The number of oxazole rings is 1.